The lowest BCUT2D eigenvalue weighted by atomic mass is 10.1. The molecule has 2 heterocycles. The molecular formula is C10H18N2O2. The van der Waals surface area contributed by atoms with E-state index in [0.29, 0.717) is 6.61 Å². The van der Waals surface area contributed by atoms with Gasteiger partial charge in [0, 0.05) is 26.2 Å². The molecular weight excluding hydrogens is 180 g/mol. The lowest BCUT2D eigenvalue weighted by molar-refractivity contribution is -0.155. The van der Waals surface area contributed by atoms with Crippen LogP contribution in [0.5, 0.6) is 0 Å². The molecule has 2 fully saturated rings. The molecule has 0 N–H and O–H groups in total. The van der Waals surface area contributed by atoms with E-state index < -0.39 is 0 Å². The predicted octanol–water partition coefficient (Wildman–Crippen LogP) is -0.0606. The van der Waals surface area contributed by atoms with Gasteiger partial charge in [-0.25, -0.2) is 0 Å². The average Bonchev–Trinajstić information content (AvgIpc) is 2.20. The van der Waals surface area contributed by atoms with Crippen LogP contribution in [0.25, 0.3) is 0 Å². The maximum atomic E-state index is 11.5. The molecule has 2 rings (SSSR count). The van der Waals surface area contributed by atoms with Crippen molar-refractivity contribution in [1.82, 2.24) is 9.80 Å². The van der Waals surface area contributed by atoms with Crippen LogP contribution >= 0.6 is 0 Å². The second-order valence-corrected chi connectivity index (χ2v) is 4.16. The summed E-state index contributed by atoms with van der Waals surface area (Å²) in [7, 11) is 2.12. The van der Waals surface area contributed by atoms with Gasteiger partial charge in [-0.2, -0.15) is 0 Å². The number of likely N-dealkylation sites (N-methyl/N-ethyl adjacent to an activating group) is 1. The largest absolute Gasteiger partial charge is 0.465 e. The van der Waals surface area contributed by atoms with Gasteiger partial charge in [0.25, 0.3) is 0 Å². The Hall–Kier alpha value is -0.610. The lowest BCUT2D eigenvalue weighted by Gasteiger charge is -2.38. The van der Waals surface area contributed by atoms with Gasteiger partial charge in [-0.1, -0.05) is 0 Å². The molecule has 0 aliphatic carbocycles. The Kier molecular flexibility index (Phi) is 3.03. The van der Waals surface area contributed by atoms with Gasteiger partial charge in [0.2, 0.25) is 0 Å². The fourth-order valence-electron chi connectivity index (χ4n) is 2.13. The summed E-state index contributed by atoms with van der Waals surface area (Å²) in [6.07, 6.45) is 1.99. The minimum Gasteiger partial charge on any atom is -0.465 e. The Bertz CT molecular complexity index is 212. The number of carbonyl (C=O) groups excluding carboxylic acids is 1. The lowest BCUT2D eigenvalue weighted by Crippen LogP contribution is -2.53. The van der Waals surface area contributed by atoms with Gasteiger partial charge < -0.3 is 9.64 Å². The van der Waals surface area contributed by atoms with Crippen molar-refractivity contribution in [3.8, 4) is 0 Å². The molecule has 4 nitrogen and oxygen atoms in total. The van der Waals surface area contributed by atoms with Crippen molar-refractivity contribution < 1.29 is 9.53 Å². The predicted molar refractivity (Wildman–Crippen MR) is 53.1 cm³/mol. The molecule has 1 atom stereocenters. The highest BCUT2D eigenvalue weighted by molar-refractivity contribution is 5.76. The molecule has 4 heteroatoms. The molecule has 0 bridgehead atoms. The average molecular weight is 198 g/mol. The van der Waals surface area contributed by atoms with Crippen LogP contribution in [0.4, 0.5) is 0 Å². The van der Waals surface area contributed by atoms with E-state index in [2.05, 4.69) is 16.8 Å². The number of cyclic esters (lactones) is 1. The smallest absolute Gasteiger partial charge is 0.323 e. The maximum Gasteiger partial charge on any atom is 0.323 e. The monoisotopic (exact) mass is 198 g/mol. The van der Waals surface area contributed by atoms with Crippen LogP contribution in [0.15, 0.2) is 0 Å². The molecule has 0 amide bonds. The molecule has 0 aromatic carbocycles. The summed E-state index contributed by atoms with van der Waals surface area (Å²) in [5, 5.41) is 0. The van der Waals surface area contributed by atoms with Crippen LogP contribution in [0.3, 0.4) is 0 Å². The number of hydrogen-bond acceptors (Lipinski definition) is 4. The first kappa shape index (κ1) is 9.93. The Morgan fingerprint density at radius 3 is 2.64 bits per heavy atom. The van der Waals surface area contributed by atoms with E-state index in [1.165, 1.54) is 0 Å². The van der Waals surface area contributed by atoms with Gasteiger partial charge in [0.1, 0.15) is 6.04 Å². The molecule has 80 valence electrons. The Labute approximate surface area is 84.8 Å². The molecule has 2 aliphatic heterocycles. The van der Waals surface area contributed by atoms with E-state index in [4.69, 9.17) is 4.74 Å². The Balaban J connectivity index is 1.90. The van der Waals surface area contributed by atoms with Crippen molar-refractivity contribution in [2.75, 3.05) is 39.8 Å². The highest BCUT2D eigenvalue weighted by Crippen LogP contribution is 2.16. The number of hydrogen-bond donors (Lipinski definition) is 0. The second kappa shape index (κ2) is 4.28. The van der Waals surface area contributed by atoms with E-state index in [0.717, 1.165) is 39.0 Å². The summed E-state index contributed by atoms with van der Waals surface area (Å²) in [4.78, 5) is 16.1. The van der Waals surface area contributed by atoms with Crippen molar-refractivity contribution in [2.24, 2.45) is 0 Å². The van der Waals surface area contributed by atoms with Crippen LogP contribution < -0.4 is 0 Å². The standard InChI is InChI=1S/C10H18N2O2/c1-11-4-6-12(7-5-11)9-3-2-8-14-10(9)13/h9H,2-8H2,1H3. The first-order valence-electron chi connectivity index (χ1n) is 5.36. The fraction of sp³-hybridized carbons (Fsp3) is 0.900. The Morgan fingerprint density at radius 2 is 2.00 bits per heavy atom. The first-order valence-corrected chi connectivity index (χ1v) is 5.36. The molecule has 0 saturated carbocycles. The zero-order valence-electron chi connectivity index (χ0n) is 8.74. The summed E-state index contributed by atoms with van der Waals surface area (Å²) in [5.74, 6) is -0.0131. The Morgan fingerprint density at radius 1 is 1.29 bits per heavy atom. The van der Waals surface area contributed by atoms with E-state index >= 15 is 0 Å². The maximum absolute atomic E-state index is 11.5. The van der Waals surface area contributed by atoms with Crippen molar-refractivity contribution in [2.45, 2.75) is 18.9 Å². The molecule has 0 radical (unpaired) electrons. The zero-order chi connectivity index (χ0) is 9.97. The normalized spacial score (nSPS) is 31.5. The molecule has 14 heavy (non-hydrogen) atoms. The molecule has 0 spiro atoms. The number of nitrogens with zero attached hydrogens (tertiary/aromatic N) is 2. The first-order chi connectivity index (χ1) is 6.77. The molecule has 0 aromatic rings. The molecule has 0 aromatic heterocycles. The van der Waals surface area contributed by atoms with Crippen LogP contribution in [0, 0.1) is 0 Å². The number of esters is 1. The third-order valence-corrected chi connectivity index (χ3v) is 3.12. The number of ether oxygens (including phenoxy) is 1. The van der Waals surface area contributed by atoms with Crippen molar-refractivity contribution >= 4 is 5.97 Å². The summed E-state index contributed by atoms with van der Waals surface area (Å²) >= 11 is 0. The van der Waals surface area contributed by atoms with Gasteiger partial charge in [-0.3, -0.25) is 9.69 Å². The van der Waals surface area contributed by atoms with Gasteiger partial charge >= 0.3 is 5.97 Å². The van der Waals surface area contributed by atoms with E-state index in [1.54, 1.807) is 0 Å². The van der Waals surface area contributed by atoms with Crippen LogP contribution in [-0.4, -0.2) is 61.6 Å². The molecule has 2 aliphatic rings. The number of rotatable bonds is 1. The van der Waals surface area contributed by atoms with Crippen LogP contribution in [0.1, 0.15) is 12.8 Å². The summed E-state index contributed by atoms with van der Waals surface area (Å²) in [6.45, 7) is 4.73. The quantitative estimate of drug-likeness (QED) is 0.553. The van der Waals surface area contributed by atoms with Crippen molar-refractivity contribution in [1.29, 1.82) is 0 Å². The van der Waals surface area contributed by atoms with Crippen LogP contribution in [0.2, 0.25) is 0 Å². The SMILES string of the molecule is CN1CCN(C2CCCOC2=O)CC1. The van der Waals surface area contributed by atoms with Crippen molar-refractivity contribution in [3.05, 3.63) is 0 Å². The summed E-state index contributed by atoms with van der Waals surface area (Å²) < 4.78 is 5.08. The minimum atomic E-state index is -0.0131. The van der Waals surface area contributed by atoms with E-state index in [9.17, 15) is 4.79 Å². The summed E-state index contributed by atoms with van der Waals surface area (Å²) in [6, 6.07) is 0.0393. The third-order valence-electron chi connectivity index (χ3n) is 3.12. The fourth-order valence-corrected chi connectivity index (χ4v) is 2.13. The topological polar surface area (TPSA) is 32.8 Å². The molecule has 1 unspecified atom stereocenters. The molecule has 2 saturated heterocycles. The van der Waals surface area contributed by atoms with Gasteiger partial charge in [-0.05, 0) is 19.9 Å². The van der Waals surface area contributed by atoms with Crippen molar-refractivity contribution in [3.63, 3.8) is 0 Å². The minimum absolute atomic E-state index is 0.0131. The van der Waals surface area contributed by atoms with Gasteiger partial charge in [0.15, 0.2) is 0 Å². The van der Waals surface area contributed by atoms with Crippen LogP contribution in [-0.2, 0) is 9.53 Å². The van der Waals surface area contributed by atoms with Gasteiger partial charge in [-0.15, -0.1) is 0 Å². The van der Waals surface area contributed by atoms with Gasteiger partial charge in [0.05, 0.1) is 6.61 Å². The summed E-state index contributed by atoms with van der Waals surface area (Å²) in [5.41, 5.74) is 0. The number of piperazine rings is 1. The zero-order valence-corrected chi connectivity index (χ0v) is 8.74. The third kappa shape index (κ3) is 2.07. The van der Waals surface area contributed by atoms with E-state index in [1.807, 2.05) is 0 Å². The highest BCUT2D eigenvalue weighted by atomic mass is 16.5. The van der Waals surface area contributed by atoms with E-state index in [-0.39, 0.29) is 12.0 Å². The second-order valence-electron chi connectivity index (χ2n) is 4.16. The number of carbonyl (C=O) groups is 1. The highest BCUT2D eigenvalue weighted by Gasteiger charge is 2.31.